The number of halogens is 1. The van der Waals surface area contributed by atoms with Crippen LogP contribution in [0.25, 0.3) is 0 Å². The van der Waals surface area contributed by atoms with Crippen LogP contribution in [0.15, 0.2) is 24.3 Å². The van der Waals surface area contributed by atoms with E-state index in [9.17, 15) is 4.39 Å². The second-order valence-electron chi connectivity index (χ2n) is 3.92. The molecule has 2 N–H and O–H groups in total. The minimum absolute atomic E-state index is 0.270. The van der Waals surface area contributed by atoms with Crippen molar-refractivity contribution in [2.45, 2.75) is 12.5 Å². The topological polar surface area (TPSA) is 38.5 Å². The summed E-state index contributed by atoms with van der Waals surface area (Å²) in [4.78, 5) is 2.05. The van der Waals surface area contributed by atoms with Crippen molar-refractivity contribution in [2.75, 3.05) is 27.2 Å². The molecule has 1 aromatic rings. The molecule has 16 heavy (non-hydrogen) atoms. The largest absolute Gasteiger partial charge is 0.490 e. The van der Waals surface area contributed by atoms with Crippen molar-refractivity contribution in [3.8, 4) is 5.75 Å². The number of nitrogens with two attached hydrogens (primary N) is 1. The third-order valence-corrected chi connectivity index (χ3v) is 2.55. The highest BCUT2D eigenvalue weighted by molar-refractivity contribution is 5.23. The number of hydrogen-bond acceptors (Lipinski definition) is 3. The molecular weight excluding hydrogens is 207 g/mol. The van der Waals surface area contributed by atoms with Gasteiger partial charge in [0.25, 0.3) is 0 Å². The van der Waals surface area contributed by atoms with E-state index in [1.54, 1.807) is 18.2 Å². The van der Waals surface area contributed by atoms with E-state index < -0.39 is 0 Å². The summed E-state index contributed by atoms with van der Waals surface area (Å²) >= 11 is 0. The van der Waals surface area contributed by atoms with Gasteiger partial charge in [-0.3, -0.25) is 0 Å². The Bertz CT molecular complexity index is 318. The van der Waals surface area contributed by atoms with Crippen LogP contribution in [0.4, 0.5) is 4.39 Å². The molecule has 1 atom stereocenters. The van der Waals surface area contributed by atoms with Crippen LogP contribution in [-0.2, 0) is 0 Å². The van der Waals surface area contributed by atoms with E-state index in [0.29, 0.717) is 18.9 Å². The Morgan fingerprint density at radius 2 is 2.06 bits per heavy atom. The number of likely N-dealkylation sites (N-methyl/N-ethyl adjacent to an activating group) is 1. The summed E-state index contributed by atoms with van der Waals surface area (Å²) < 4.78 is 18.6. The fraction of sp³-hybridized carbons (Fsp3) is 0.500. The Morgan fingerprint density at radius 1 is 1.38 bits per heavy atom. The van der Waals surface area contributed by atoms with Crippen LogP contribution in [0.3, 0.4) is 0 Å². The summed E-state index contributed by atoms with van der Waals surface area (Å²) in [6.45, 7) is 1.05. The first-order valence-corrected chi connectivity index (χ1v) is 5.39. The minimum Gasteiger partial charge on any atom is -0.490 e. The maximum Gasteiger partial charge on any atom is 0.165 e. The second-order valence-corrected chi connectivity index (χ2v) is 3.92. The van der Waals surface area contributed by atoms with Gasteiger partial charge >= 0.3 is 0 Å². The maximum atomic E-state index is 13.2. The SMILES string of the molecule is CN(C)C(CN)CCOc1ccccc1F. The van der Waals surface area contributed by atoms with E-state index in [1.165, 1.54) is 6.07 Å². The van der Waals surface area contributed by atoms with Crippen molar-refractivity contribution in [2.24, 2.45) is 5.73 Å². The van der Waals surface area contributed by atoms with Gasteiger partial charge in [0.2, 0.25) is 0 Å². The van der Waals surface area contributed by atoms with E-state index in [1.807, 2.05) is 19.0 Å². The van der Waals surface area contributed by atoms with Gasteiger partial charge in [0.05, 0.1) is 6.61 Å². The van der Waals surface area contributed by atoms with Crippen molar-refractivity contribution in [3.05, 3.63) is 30.1 Å². The lowest BCUT2D eigenvalue weighted by molar-refractivity contribution is 0.221. The van der Waals surface area contributed by atoms with Crippen molar-refractivity contribution >= 4 is 0 Å². The normalized spacial score (nSPS) is 12.8. The van der Waals surface area contributed by atoms with Gasteiger partial charge in [-0.2, -0.15) is 0 Å². The average molecular weight is 226 g/mol. The second kappa shape index (κ2) is 6.45. The van der Waals surface area contributed by atoms with E-state index in [4.69, 9.17) is 10.5 Å². The average Bonchev–Trinajstić information content (AvgIpc) is 2.26. The highest BCUT2D eigenvalue weighted by atomic mass is 19.1. The van der Waals surface area contributed by atoms with E-state index in [-0.39, 0.29) is 11.9 Å². The molecule has 90 valence electrons. The summed E-state index contributed by atoms with van der Waals surface area (Å²) in [5, 5.41) is 0. The Morgan fingerprint density at radius 3 is 2.62 bits per heavy atom. The van der Waals surface area contributed by atoms with Crippen molar-refractivity contribution in [1.29, 1.82) is 0 Å². The third-order valence-electron chi connectivity index (χ3n) is 2.55. The Hall–Kier alpha value is -1.13. The number of benzene rings is 1. The van der Waals surface area contributed by atoms with E-state index in [2.05, 4.69) is 0 Å². The predicted octanol–water partition coefficient (Wildman–Crippen LogP) is 1.48. The van der Waals surface area contributed by atoms with Gasteiger partial charge in [0.1, 0.15) is 0 Å². The van der Waals surface area contributed by atoms with Crippen LogP contribution >= 0.6 is 0 Å². The van der Waals surface area contributed by atoms with Gasteiger partial charge in [0.15, 0.2) is 11.6 Å². The first kappa shape index (κ1) is 12.9. The standard InChI is InChI=1S/C12H19FN2O/c1-15(2)10(9-14)7-8-16-12-6-4-3-5-11(12)13/h3-6,10H,7-9,14H2,1-2H3. The van der Waals surface area contributed by atoms with Crippen LogP contribution in [0, 0.1) is 5.82 Å². The Kier molecular flexibility index (Phi) is 5.22. The summed E-state index contributed by atoms with van der Waals surface area (Å²) in [5.74, 6) is -0.0197. The monoisotopic (exact) mass is 226 g/mol. The van der Waals surface area contributed by atoms with Crippen molar-refractivity contribution in [1.82, 2.24) is 4.90 Å². The smallest absolute Gasteiger partial charge is 0.165 e. The van der Waals surface area contributed by atoms with Crippen LogP contribution in [0.1, 0.15) is 6.42 Å². The number of para-hydroxylation sites is 1. The lowest BCUT2D eigenvalue weighted by Crippen LogP contribution is -2.36. The van der Waals surface area contributed by atoms with Gasteiger partial charge in [-0.1, -0.05) is 12.1 Å². The molecule has 0 saturated carbocycles. The van der Waals surface area contributed by atoms with Gasteiger partial charge in [0, 0.05) is 12.6 Å². The molecule has 0 aliphatic carbocycles. The van der Waals surface area contributed by atoms with Crippen LogP contribution in [0.5, 0.6) is 5.75 Å². The first-order valence-electron chi connectivity index (χ1n) is 5.39. The number of ether oxygens (including phenoxy) is 1. The van der Waals surface area contributed by atoms with Gasteiger partial charge in [-0.15, -0.1) is 0 Å². The van der Waals surface area contributed by atoms with E-state index in [0.717, 1.165) is 6.42 Å². The van der Waals surface area contributed by atoms with Gasteiger partial charge in [-0.05, 0) is 32.6 Å². The number of nitrogens with zero attached hydrogens (tertiary/aromatic N) is 1. The molecule has 0 bridgehead atoms. The summed E-state index contributed by atoms with van der Waals surface area (Å²) in [7, 11) is 3.95. The lowest BCUT2D eigenvalue weighted by atomic mass is 10.2. The minimum atomic E-state index is -0.323. The zero-order valence-electron chi connectivity index (χ0n) is 9.82. The fourth-order valence-electron chi connectivity index (χ4n) is 1.45. The molecule has 0 aliphatic heterocycles. The summed E-state index contributed by atoms with van der Waals surface area (Å²) in [6, 6.07) is 6.69. The highest BCUT2D eigenvalue weighted by Crippen LogP contribution is 2.15. The zero-order chi connectivity index (χ0) is 12.0. The molecule has 0 heterocycles. The fourth-order valence-corrected chi connectivity index (χ4v) is 1.45. The molecule has 0 radical (unpaired) electrons. The van der Waals surface area contributed by atoms with Crippen molar-refractivity contribution < 1.29 is 9.13 Å². The molecule has 1 rings (SSSR count). The predicted molar refractivity (Wildman–Crippen MR) is 63.0 cm³/mol. The third kappa shape index (κ3) is 3.79. The van der Waals surface area contributed by atoms with E-state index >= 15 is 0 Å². The summed E-state index contributed by atoms with van der Waals surface area (Å²) in [6.07, 6.45) is 0.790. The quantitative estimate of drug-likeness (QED) is 0.798. The molecule has 0 spiro atoms. The van der Waals surface area contributed by atoms with Crippen molar-refractivity contribution in [3.63, 3.8) is 0 Å². The molecule has 0 aliphatic rings. The molecule has 3 nitrogen and oxygen atoms in total. The zero-order valence-corrected chi connectivity index (χ0v) is 9.82. The maximum absolute atomic E-state index is 13.2. The molecule has 0 aromatic heterocycles. The molecule has 1 aromatic carbocycles. The number of hydrogen-bond donors (Lipinski definition) is 1. The Balaban J connectivity index is 2.38. The molecule has 4 heteroatoms. The molecule has 1 unspecified atom stereocenters. The van der Waals surface area contributed by atoms with Crippen LogP contribution < -0.4 is 10.5 Å². The lowest BCUT2D eigenvalue weighted by Gasteiger charge is -2.22. The number of rotatable bonds is 6. The molecule has 0 fully saturated rings. The summed E-state index contributed by atoms with van der Waals surface area (Å²) in [5.41, 5.74) is 5.61. The molecule has 0 amide bonds. The van der Waals surface area contributed by atoms with Crippen LogP contribution in [0.2, 0.25) is 0 Å². The molecule has 0 saturated heterocycles. The highest BCUT2D eigenvalue weighted by Gasteiger charge is 2.09. The van der Waals surface area contributed by atoms with Crippen LogP contribution in [-0.4, -0.2) is 38.2 Å². The Labute approximate surface area is 96.0 Å². The first-order chi connectivity index (χ1) is 7.65. The van der Waals surface area contributed by atoms with Gasteiger partial charge in [-0.25, -0.2) is 4.39 Å². The molecular formula is C12H19FN2O. The van der Waals surface area contributed by atoms with Gasteiger partial charge < -0.3 is 15.4 Å².